The highest BCUT2D eigenvalue weighted by Crippen LogP contribution is 2.19. The summed E-state index contributed by atoms with van der Waals surface area (Å²) >= 11 is 0. The summed E-state index contributed by atoms with van der Waals surface area (Å²) in [6, 6.07) is 11.3. The third kappa shape index (κ3) is 1.69. The molecule has 0 fully saturated rings. The standard InChI is InChI=1S/C12H12N2O/c13-7-8-4-5-9-2-1-3-10(12(14)15)11(9)6-8/h1-6H,7,13H2,(H2,14,15). The number of nitrogens with two attached hydrogens (primary N) is 2. The molecule has 0 unspecified atom stereocenters. The molecule has 0 spiro atoms. The third-order valence-corrected chi connectivity index (χ3v) is 2.45. The predicted octanol–water partition coefficient (Wildman–Crippen LogP) is 1.40. The van der Waals surface area contributed by atoms with Gasteiger partial charge in [0, 0.05) is 12.1 Å². The van der Waals surface area contributed by atoms with Crippen LogP contribution in [0.15, 0.2) is 36.4 Å². The molecule has 76 valence electrons. The molecule has 3 nitrogen and oxygen atoms in total. The van der Waals surface area contributed by atoms with E-state index in [1.165, 1.54) is 0 Å². The molecular weight excluding hydrogens is 188 g/mol. The van der Waals surface area contributed by atoms with E-state index in [4.69, 9.17) is 11.5 Å². The van der Waals surface area contributed by atoms with Gasteiger partial charge >= 0.3 is 0 Å². The monoisotopic (exact) mass is 200 g/mol. The van der Waals surface area contributed by atoms with Gasteiger partial charge in [-0.15, -0.1) is 0 Å². The first-order valence-electron chi connectivity index (χ1n) is 4.74. The maximum absolute atomic E-state index is 11.2. The minimum Gasteiger partial charge on any atom is -0.366 e. The Kier molecular flexibility index (Phi) is 2.39. The van der Waals surface area contributed by atoms with Crippen molar-refractivity contribution in [2.45, 2.75) is 6.54 Å². The van der Waals surface area contributed by atoms with E-state index in [0.717, 1.165) is 16.3 Å². The van der Waals surface area contributed by atoms with E-state index in [2.05, 4.69) is 0 Å². The Morgan fingerprint density at radius 1 is 1.20 bits per heavy atom. The Labute approximate surface area is 87.7 Å². The molecule has 15 heavy (non-hydrogen) atoms. The summed E-state index contributed by atoms with van der Waals surface area (Å²) in [7, 11) is 0. The molecule has 0 atom stereocenters. The number of hydrogen-bond acceptors (Lipinski definition) is 2. The number of amides is 1. The number of carbonyl (C=O) groups is 1. The summed E-state index contributed by atoms with van der Waals surface area (Å²) in [5.41, 5.74) is 12.4. The van der Waals surface area contributed by atoms with Crippen LogP contribution < -0.4 is 11.5 Å². The minimum atomic E-state index is -0.408. The fraction of sp³-hybridized carbons (Fsp3) is 0.0833. The lowest BCUT2D eigenvalue weighted by Crippen LogP contribution is -2.11. The summed E-state index contributed by atoms with van der Waals surface area (Å²) in [5.74, 6) is -0.408. The second-order valence-corrected chi connectivity index (χ2v) is 3.43. The predicted molar refractivity (Wildman–Crippen MR) is 60.4 cm³/mol. The number of fused-ring (bicyclic) bond motifs is 1. The number of hydrogen-bond donors (Lipinski definition) is 2. The van der Waals surface area contributed by atoms with Gasteiger partial charge < -0.3 is 11.5 Å². The average Bonchev–Trinajstić information content (AvgIpc) is 2.27. The molecule has 0 aliphatic carbocycles. The smallest absolute Gasteiger partial charge is 0.249 e. The highest BCUT2D eigenvalue weighted by molar-refractivity contribution is 6.06. The molecule has 3 heteroatoms. The fourth-order valence-corrected chi connectivity index (χ4v) is 1.66. The maximum atomic E-state index is 11.2. The topological polar surface area (TPSA) is 69.1 Å². The summed E-state index contributed by atoms with van der Waals surface area (Å²) in [5, 5.41) is 1.87. The molecule has 0 aliphatic heterocycles. The summed E-state index contributed by atoms with van der Waals surface area (Å²) in [6.07, 6.45) is 0. The van der Waals surface area contributed by atoms with Crippen LogP contribution in [-0.2, 0) is 6.54 Å². The van der Waals surface area contributed by atoms with E-state index in [1.54, 1.807) is 6.07 Å². The second kappa shape index (κ2) is 3.71. The van der Waals surface area contributed by atoms with E-state index >= 15 is 0 Å². The van der Waals surface area contributed by atoms with Crippen molar-refractivity contribution in [1.82, 2.24) is 0 Å². The van der Waals surface area contributed by atoms with Crippen LogP contribution in [0.1, 0.15) is 15.9 Å². The van der Waals surface area contributed by atoms with Gasteiger partial charge in [-0.2, -0.15) is 0 Å². The van der Waals surface area contributed by atoms with Gasteiger partial charge in [0.25, 0.3) is 0 Å². The van der Waals surface area contributed by atoms with Gasteiger partial charge in [0.1, 0.15) is 0 Å². The van der Waals surface area contributed by atoms with Gasteiger partial charge in [0.2, 0.25) is 5.91 Å². The molecule has 2 aromatic rings. The lowest BCUT2D eigenvalue weighted by molar-refractivity contribution is 0.100. The van der Waals surface area contributed by atoms with E-state index in [-0.39, 0.29) is 0 Å². The number of primary amides is 1. The van der Waals surface area contributed by atoms with Crippen molar-refractivity contribution in [2.75, 3.05) is 0 Å². The van der Waals surface area contributed by atoms with E-state index in [0.29, 0.717) is 12.1 Å². The molecule has 0 heterocycles. The molecule has 2 rings (SSSR count). The van der Waals surface area contributed by atoms with Crippen molar-refractivity contribution < 1.29 is 4.79 Å². The van der Waals surface area contributed by atoms with Crippen LogP contribution in [0.4, 0.5) is 0 Å². The molecule has 0 aromatic heterocycles. The zero-order chi connectivity index (χ0) is 10.8. The Bertz CT molecular complexity index is 520. The largest absolute Gasteiger partial charge is 0.366 e. The van der Waals surface area contributed by atoms with Crippen molar-refractivity contribution in [3.8, 4) is 0 Å². The first-order valence-corrected chi connectivity index (χ1v) is 4.74. The van der Waals surface area contributed by atoms with Gasteiger partial charge in [-0.3, -0.25) is 4.79 Å². The Balaban J connectivity index is 2.76. The first kappa shape index (κ1) is 9.68. The van der Waals surface area contributed by atoms with Crippen molar-refractivity contribution in [1.29, 1.82) is 0 Å². The van der Waals surface area contributed by atoms with Crippen molar-refractivity contribution in [3.63, 3.8) is 0 Å². The van der Waals surface area contributed by atoms with Gasteiger partial charge in [-0.25, -0.2) is 0 Å². The van der Waals surface area contributed by atoms with Crippen molar-refractivity contribution in [2.24, 2.45) is 11.5 Å². The molecular formula is C12H12N2O. The molecule has 0 aliphatic rings. The van der Waals surface area contributed by atoms with E-state index < -0.39 is 5.91 Å². The third-order valence-electron chi connectivity index (χ3n) is 2.45. The van der Waals surface area contributed by atoms with Crippen LogP contribution in [0, 0.1) is 0 Å². The number of benzene rings is 2. The molecule has 2 aromatic carbocycles. The normalized spacial score (nSPS) is 10.5. The van der Waals surface area contributed by atoms with Gasteiger partial charge in [-0.1, -0.05) is 24.3 Å². The number of carbonyl (C=O) groups excluding carboxylic acids is 1. The Hall–Kier alpha value is -1.87. The van der Waals surface area contributed by atoms with Gasteiger partial charge in [-0.05, 0) is 28.5 Å². The van der Waals surface area contributed by atoms with Crippen LogP contribution in [-0.4, -0.2) is 5.91 Å². The highest BCUT2D eigenvalue weighted by atomic mass is 16.1. The minimum absolute atomic E-state index is 0.408. The zero-order valence-corrected chi connectivity index (χ0v) is 8.23. The first-order chi connectivity index (χ1) is 7.22. The molecule has 0 saturated carbocycles. The average molecular weight is 200 g/mol. The van der Waals surface area contributed by atoms with Gasteiger partial charge in [0.05, 0.1) is 0 Å². The quantitative estimate of drug-likeness (QED) is 0.769. The molecule has 4 N–H and O–H groups in total. The molecule has 0 saturated heterocycles. The lowest BCUT2D eigenvalue weighted by atomic mass is 10.0. The van der Waals surface area contributed by atoms with Crippen molar-refractivity contribution in [3.05, 3.63) is 47.5 Å². The summed E-state index contributed by atoms with van der Waals surface area (Å²) in [4.78, 5) is 11.2. The second-order valence-electron chi connectivity index (χ2n) is 3.43. The highest BCUT2D eigenvalue weighted by Gasteiger charge is 2.05. The summed E-state index contributed by atoms with van der Waals surface area (Å²) < 4.78 is 0. The van der Waals surface area contributed by atoms with Crippen molar-refractivity contribution >= 4 is 16.7 Å². The van der Waals surface area contributed by atoms with Crippen LogP contribution in [0.2, 0.25) is 0 Å². The summed E-state index contributed by atoms with van der Waals surface area (Å²) in [6.45, 7) is 0.461. The zero-order valence-electron chi connectivity index (χ0n) is 8.23. The van der Waals surface area contributed by atoms with E-state index in [1.807, 2.05) is 30.3 Å². The van der Waals surface area contributed by atoms with Crippen LogP contribution in [0.3, 0.4) is 0 Å². The van der Waals surface area contributed by atoms with Crippen LogP contribution >= 0.6 is 0 Å². The SMILES string of the molecule is NCc1ccc2cccc(C(N)=O)c2c1. The molecule has 0 radical (unpaired) electrons. The molecule has 0 bridgehead atoms. The lowest BCUT2D eigenvalue weighted by Gasteiger charge is -2.04. The van der Waals surface area contributed by atoms with Crippen LogP contribution in [0.5, 0.6) is 0 Å². The van der Waals surface area contributed by atoms with E-state index in [9.17, 15) is 4.79 Å². The fourth-order valence-electron chi connectivity index (χ4n) is 1.66. The Morgan fingerprint density at radius 2 is 2.00 bits per heavy atom. The number of rotatable bonds is 2. The maximum Gasteiger partial charge on any atom is 0.249 e. The van der Waals surface area contributed by atoms with Crippen LogP contribution in [0.25, 0.3) is 10.8 Å². The van der Waals surface area contributed by atoms with Gasteiger partial charge in [0.15, 0.2) is 0 Å². The molecule has 1 amide bonds. The Morgan fingerprint density at radius 3 is 2.67 bits per heavy atom.